The molecule has 134 valence electrons. The van der Waals surface area contributed by atoms with Crippen LogP contribution in [0, 0.1) is 17.3 Å². The van der Waals surface area contributed by atoms with Gasteiger partial charge in [-0.3, -0.25) is 9.59 Å². The fourth-order valence-electron chi connectivity index (χ4n) is 5.46. The summed E-state index contributed by atoms with van der Waals surface area (Å²) >= 11 is 0. The second-order valence-corrected chi connectivity index (χ2v) is 8.23. The summed E-state index contributed by atoms with van der Waals surface area (Å²) in [4.78, 5) is 26.7. The molecule has 0 bridgehead atoms. The van der Waals surface area contributed by atoms with Gasteiger partial charge in [-0.05, 0) is 55.9 Å². The molecule has 3 aliphatic rings. The van der Waals surface area contributed by atoms with Crippen molar-refractivity contribution in [3.05, 3.63) is 35.9 Å². The van der Waals surface area contributed by atoms with E-state index in [-0.39, 0.29) is 17.7 Å². The smallest absolute Gasteiger partial charge is 0.311 e. The van der Waals surface area contributed by atoms with Crippen LogP contribution >= 0.6 is 0 Å². The van der Waals surface area contributed by atoms with Gasteiger partial charge in [0.15, 0.2) is 0 Å². The molecule has 1 amide bonds. The van der Waals surface area contributed by atoms with E-state index in [9.17, 15) is 14.7 Å². The predicted octanol–water partition coefficient (Wildman–Crippen LogP) is 3.67. The number of rotatable bonds is 3. The summed E-state index contributed by atoms with van der Waals surface area (Å²) in [5.41, 5.74) is 0.727. The molecule has 4 nitrogen and oxygen atoms in total. The standard InChI is InChI=1S/C21H27NO3/c23-19(22-13-18-7-4-12-21(18,14-22)20(24)25)17-10-8-16(9-11-17)15-5-2-1-3-6-15/h1-3,5-6,16-18H,4,7-14H2,(H,24,25)/t16?,17?,18-,21+/m0/s1. The van der Waals surface area contributed by atoms with Crippen molar-refractivity contribution in [3.8, 4) is 0 Å². The molecule has 1 heterocycles. The lowest BCUT2D eigenvalue weighted by atomic mass is 9.78. The van der Waals surface area contributed by atoms with E-state index in [2.05, 4.69) is 24.3 Å². The van der Waals surface area contributed by atoms with Crippen molar-refractivity contribution in [1.82, 2.24) is 4.90 Å². The van der Waals surface area contributed by atoms with Crippen molar-refractivity contribution in [2.24, 2.45) is 17.3 Å². The summed E-state index contributed by atoms with van der Waals surface area (Å²) in [5, 5.41) is 9.71. The molecular weight excluding hydrogens is 314 g/mol. The normalized spacial score (nSPS) is 34.7. The van der Waals surface area contributed by atoms with Gasteiger partial charge in [-0.15, -0.1) is 0 Å². The van der Waals surface area contributed by atoms with E-state index in [0.29, 0.717) is 19.0 Å². The maximum Gasteiger partial charge on any atom is 0.311 e. The number of benzene rings is 1. The Kier molecular flexibility index (Phi) is 4.30. The van der Waals surface area contributed by atoms with E-state index in [1.807, 2.05) is 11.0 Å². The van der Waals surface area contributed by atoms with E-state index in [4.69, 9.17) is 0 Å². The van der Waals surface area contributed by atoms with Crippen LogP contribution in [0.15, 0.2) is 30.3 Å². The lowest BCUT2D eigenvalue weighted by Crippen LogP contribution is -2.40. The largest absolute Gasteiger partial charge is 0.481 e. The zero-order valence-corrected chi connectivity index (χ0v) is 14.7. The minimum Gasteiger partial charge on any atom is -0.481 e. The third-order valence-electron chi connectivity index (χ3n) is 6.96. The molecule has 4 heteroatoms. The molecule has 1 aromatic rings. The summed E-state index contributed by atoms with van der Waals surface area (Å²) in [6.45, 7) is 1.09. The average molecular weight is 341 g/mol. The van der Waals surface area contributed by atoms with E-state index in [1.165, 1.54) is 5.56 Å². The summed E-state index contributed by atoms with van der Waals surface area (Å²) < 4.78 is 0. The molecule has 2 saturated carbocycles. The number of carboxylic acids is 1. The predicted molar refractivity (Wildman–Crippen MR) is 95.1 cm³/mol. The molecule has 0 aromatic heterocycles. The minimum atomic E-state index is -0.696. The first-order chi connectivity index (χ1) is 12.1. The molecule has 1 aromatic carbocycles. The number of fused-ring (bicyclic) bond motifs is 1. The summed E-state index contributed by atoms with van der Waals surface area (Å²) in [7, 11) is 0. The van der Waals surface area contributed by atoms with Gasteiger partial charge in [0.2, 0.25) is 5.91 Å². The van der Waals surface area contributed by atoms with Gasteiger partial charge >= 0.3 is 5.97 Å². The maximum atomic E-state index is 13.0. The second-order valence-electron chi connectivity index (χ2n) is 8.23. The lowest BCUT2D eigenvalue weighted by molar-refractivity contribution is -0.149. The Bertz CT molecular complexity index is 650. The van der Waals surface area contributed by atoms with Crippen molar-refractivity contribution < 1.29 is 14.7 Å². The molecular formula is C21H27NO3. The highest BCUT2D eigenvalue weighted by atomic mass is 16.4. The molecule has 0 unspecified atom stereocenters. The zero-order chi connectivity index (χ0) is 17.4. The monoisotopic (exact) mass is 341 g/mol. The number of amides is 1. The third-order valence-corrected chi connectivity index (χ3v) is 6.96. The van der Waals surface area contributed by atoms with Crippen LogP contribution in [0.25, 0.3) is 0 Å². The number of aliphatic carboxylic acids is 1. The fourth-order valence-corrected chi connectivity index (χ4v) is 5.46. The van der Waals surface area contributed by atoms with Crippen LogP contribution in [0.4, 0.5) is 0 Å². The maximum absolute atomic E-state index is 13.0. The van der Waals surface area contributed by atoms with Gasteiger partial charge in [0, 0.05) is 19.0 Å². The highest BCUT2D eigenvalue weighted by molar-refractivity contribution is 5.83. The summed E-state index contributed by atoms with van der Waals surface area (Å²) in [6.07, 6.45) is 6.65. The zero-order valence-electron chi connectivity index (χ0n) is 14.7. The van der Waals surface area contributed by atoms with Gasteiger partial charge in [-0.25, -0.2) is 0 Å². The van der Waals surface area contributed by atoms with Crippen molar-refractivity contribution in [2.75, 3.05) is 13.1 Å². The van der Waals surface area contributed by atoms with Gasteiger partial charge in [-0.1, -0.05) is 36.8 Å². The molecule has 1 N–H and O–H groups in total. The van der Waals surface area contributed by atoms with Crippen LogP contribution < -0.4 is 0 Å². The summed E-state index contributed by atoms with van der Waals surface area (Å²) in [5.74, 6) is 0.326. The molecule has 0 radical (unpaired) electrons. The number of carbonyl (C=O) groups is 2. The van der Waals surface area contributed by atoms with Crippen LogP contribution in [-0.2, 0) is 9.59 Å². The van der Waals surface area contributed by atoms with Gasteiger partial charge in [0.1, 0.15) is 0 Å². The topological polar surface area (TPSA) is 57.6 Å². The fraction of sp³-hybridized carbons (Fsp3) is 0.619. The van der Waals surface area contributed by atoms with Crippen LogP contribution in [-0.4, -0.2) is 35.0 Å². The Morgan fingerprint density at radius 2 is 1.76 bits per heavy atom. The Labute approximate surface area is 149 Å². The Hall–Kier alpha value is -1.84. The Morgan fingerprint density at radius 1 is 1.04 bits per heavy atom. The number of hydrogen-bond donors (Lipinski definition) is 1. The first-order valence-electron chi connectivity index (χ1n) is 9.67. The molecule has 3 fully saturated rings. The number of carboxylic acid groups (broad SMARTS) is 1. The highest BCUT2D eigenvalue weighted by Gasteiger charge is 2.56. The Morgan fingerprint density at radius 3 is 2.40 bits per heavy atom. The average Bonchev–Trinajstić information content (AvgIpc) is 3.20. The van der Waals surface area contributed by atoms with Gasteiger partial charge in [-0.2, -0.15) is 0 Å². The quantitative estimate of drug-likeness (QED) is 0.912. The molecule has 0 spiro atoms. The molecule has 1 aliphatic heterocycles. The third kappa shape index (κ3) is 2.86. The van der Waals surface area contributed by atoms with E-state index < -0.39 is 11.4 Å². The van der Waals surface area contributed by atoms with E-state index in [1.54, 1.807) is 0 Å². The molecule has 4 rings (SSSR count). The highest BCUT2D eigenvalue weighted by Crippen LogP contribution is 2.49. The van der Waals surface area contributed by atoms with Gasteiger partial charge in [0.25, 0.3) is 0 Å². The Balaban J connectivity index is 1.38. The second kappa shape index (κ2) is 6.47. The lowest BCUT2D eigenvalue weighted by Gasteiger charge is -2.31. The van der Waals surface area contributed by atoms with Crippen molar-refractivity contribution in [2.45, 2.75) is 50.9 Å². The first-order valence-corrected chi connectivity index (χ1v) is 9.67. The van der Waals surface area contributed by atoms with Crippen molar-refractivity contribution in [3.63, 3.8) is 0 Å². The summed E-state index contributed by atoms with van der Waals surface area (Å²) in [6, 6.07) is 10.6. The first kappa shape index (κ1) is 16.6. The van der Waals surface area contributed by atoms with Gasteiger partial charge in [0.05, 0.1) is 5.41 Å². The van der Waals surface area contributed by atoms with Crippen LogP contribution in [0.2, 0.25) is 0 Å². The van der Waals surface area contributed by atoms with Crippen molar-refractivity contribution in [1.29, 1.82) is 0 Å². The van der Waals surface area contributed by atoms with E-state index in [0.717, 1.165) is 44.9 Å². The number of carbonyl (C=O) groups excluding carboxylic acids is 1. The minimum absolute atomic E-state index is 0.0876. The molecule has 2 aliphatic carbocycles. The number of likely N-dealkylation sites (tertiary alicyclic amines) is 1. The van der Waals surface area contributed by atoms with Crippen molar-refractivity contribution >= 4 is 11.9 Å². The van der Waals surface area contributed by atoms with E-state index >= 15 is 0 Å². The number of hydrogen-bond acceptors (Lipinski definition) is 2. The van der Waals surface area contributed by atoms with Crippen LogP contribution in [0.5, 0.6) is 0 Å². The molecule has 2 atom stereocenters. The van der Waals surface area contributed by atoms with Gasteiger partial charge < -0.3 is 10.0 Å². The molecule has 1 saturated heterocycles. The molecule has 25 heavy (non-hydrogen) atoms. The van der Waals surface area contributed by atoms with Crippen LogP contribution in [0.1, 0.15) is 56.4 Å². The van der Waals surface area contributed by atoms with Crippen LogP contribution in [0.3, 0.4) is 0 Å². The number of nitrogens with zero attached hydrogens (tertiary/aromatic N) is 1. The SMILES string of the molecule is O=C(C1CCC(c2ccccc2)CC1)N1C[C@@H]2CCC[C@@]2(C(=O)O)C1.